The van der Waals surface area contributed by atoms with Gasteiger partial charge in [0.1, 0.15) is 5.82 Å². The number of anilines is 3. The fraction of sp³-hybridized carbons (Fsp3) is 0.474. The molecule has 1 saturated heterocycles. The number of aliphatic hydroxyl groups excluding tert-OH is 1. The lowest BCUT2D eigenvalue weighted by molar-refractivity contribution is 0.0390. The zero-order valence-electron chi connectivity index (χ0n) is 17.2. The molecule has 0 spiro atoms. The van der Waals surface area contributed by atoms with E-state index in [0.717, 1.165) is 13.1 Å². The van der Waals surface area contributed by atoms with Gasteiger partial charge in [0.25, 0.3) is 0 Å². The van der Waals surface area contributed by atoms with E-state index < -0.39 is 10.0 Å². The topological polar surface area (TPSA) is 129 Å². The molecule has 1 aliphatic heterocycles. The largest absolute Gasteiger partial charge is 0.394 e. The highest BCUT2D eigenvalue weighted by atomic mass is 79.9. The number of nitrogens with zero attached hydrogens (tertiary/aromatic N) is 3. The van der Waals surface area contributed by atoms with Crippen LogP contribution in [0.5, 0.6) is 0 Å². The third-order valence-corrected chi connectivity index (χ3v) is 6.66. The minimum atomic E-state index is -3.65. The molecule has 10 nitrogen and oxygen atoms in total. The molecule has 1 aromatic heterocycles. The first-order valence-corrected chi connectivity index (χ1v) is 12.2. The number of benzene rings is 1. The number of aromatic nitrogens is 2. The second-order valence-corrected chi connectivity index (χ2v) is 9.74. The summed E-state index contributed by atoms with van der Waals surface area (Å²) in [6.07, 6.45) is 1.58. The molecule has 0 unspecified atom stereocenters. The normalized spacial score (nSPS) is 16.1. The molecule has 170 valence electrons. The van der Waals surface area contributed by atoms with Gasteiger partial charge in [-0.3, -0.25) is 4.90 Å². The Bertz CT molecular complexity index is 972. The van der Waals surface area contributed by atoms with Crippen molar-refractivity contribution in [3.63, 3.8) is 0 Å². The maximum atomic E-state index is 12.7. The number of aliphatic hydroxyl groups is 1. The maximum Gasteiger partial charge on any atom is 0.240 e. The molecule has 2 heterocycles. The van der Waals surface area contributed by atoms with Gasteiger partial charge >= 0.3 is 0 Å². The third-order valence-electron chi connectivity index (χ3n) is 4.63. The van der Waals surface area contributed by atoms with E-state index >= 15 is 0 Å². The summed E-state index contributed by atoms with van der Waals surface area (Å²) in [5.74, 6) is 0.818. The van der Waals surface area contributed by atoms with Crippen LogP contribution in [0.2, 0.25) is 0 Å². The van der Waals surface area contributed by atoms with Crippen molar-refractivity contribution >= 4 is 43.4 Å². The fourth-order valence-corrected chi connectivity index (χ4v) is 4.30. The Morgan fingerprint density at radius 3 is 2.84 bits per heavy atom. The molecule has 0 bridgehead atoms. The monoisotopic (exact) mass is 514 g/mol. The minimum Gasteiger partial charge on any atom is -0.394 e. The smallest absolute Gasteiger partial charge is 0.240 e. The minimum absolute atomic E-state index is 0.0440. The molecular weight excluding hydrogens is 488 g/mol. The van der Waals surface area contributed by atoms with Crippen LogP contribution in [0.3, 0.4) is 0 Å². The highest BCUT2D eigenvalue weighted by Crippen LogP contribution is 2.23. The molecule has 1 aliphatic rings. The number of sulfonamides is 1. The van der Waals surface area contributed by atoms with Gasteiger partial charge in [-0.05, 0) is 41.1 Å². The second-order valence-electron chi connectivity index (χ2n) is 7.12. The summed E-state index contributed by atoms with van der Waals surface area (Å²) in [6.45, 7) is 5.71. The first-order valence-electron chi connectivity index (χ1n) is 9.94. The highest BCUT2D eigenvalue weighted by Gasteiger charge is 2.16. The van der Waals surface area contributed by atoms with E-state index in [0.29, 0.717) is 48.2 Å². The zero-order valence-corrected chi connectivity index (χ0v) is 19.6. The van der Waals surface area contributed by atoms with E-state index in [9.17, 15) is 13.5 Å². The predicted octanol–water partition coefficient (Wildman–Crippen LogP) is 1.39. The van der Waals surface area contributed by atoms with Crippen LogP contribution in [-0.4, -0.2) is 80.4 Å². The molecule has 12 heteroatoms. The molecule has 0 radical (unpaired) electrons. The van der Waals surface area contributed by atoms with E-state index in [1.54, 1.807) is 24.4 Å². The first-order chi connectivity index (χ1) is 14.9. The van der Waals surface area contributed by atoms with Crippen LogP contribution in [0.1, 0.15) is 6.92 Å². The van der Waals surface area contributed by atoms with Gasteiger partial charge in [0, 0.05) is 44.1 Å². The molecule has 0 amide bonds. The molecule has 2 aromatic rings. The number of ether oxygens (including phenoxy) is 1. The Balaban J connectivity index is 1.64. The highest BCUT2D eigenvalue weighted by molar-refractivity contribution is 9.10. The van der Waals surface area contributed by atoms with Crippen molar-refractivity contribution in [3.05, 3.63) is 34.9 Å². The van der Waals surface area contributed by atoms with Gasteiger partial charge in [-0.15, -0.1) is 0 Å². The SMILES string of the molecule is C[C@H](CO)Nc1nc(Nc2cccc(S(=O)(=O)NCCN3CCOCC3)c2)ncc1Br. The van der Waals surface area contributed by atoms with Crippen molar-refractivity contribution in [2.24, 2.45) is 0 Å². The number of nitrogens with one attached hydrogen (secondary N) is 3. The van der Waals surface area contributed by atoms with Crippen LogP contribution in [0.4, 0.5) is 17.5 Å². The number of hydrogen-bond acceptors (Lipinski definition) is 9. The van der Waals surface area contributed by atoms with E-state index in [-0.39, 0.29) is 17.5 Å². The van der Waals surface area contributed by atoms with Crippen molar-refractivity contribution in [1.29, 1.82) is 0 Å². The Morgan fingerprint density at radius 2 is 2.10 bits per heavy atom. The molecule has 0 saturated carbocycles. The molecule has 0 aliphatic carbocycles. The van der Waals surface area contributed by atoms with Crippen LogP contribution >= 0.6 is 15.9 Å². The van der Waals surface area contributed by atoms with Gasteiger partial charge in [-0.2, -0.15) is 4.98 Å². The van der Waals surface area contributed by atoms with E-state index in [1.807, 2.05) is 6.92 Å². The summed E-state index contributed by atoms with van der Waals surface area (Å²) in [7, 11) is -3.65. The molecule has 1 fully saturated rings. The summed E-state index contributed by atoms with van der Waals surface area (Å²) >= 11 is 3.37. The second kappa shape index (κ2) is 11.2. The molecular formula is C19H27BrN6O4S. The van der Waals surface area contributed by atoms with Crippen LogP contribution in [-0.2, 0) is 14.8 Å². The van der Waals surface area contributed by atoms with Crippen LogP contribution in [0.25, 0.3) is 0 Å². The van der Waals surface area contributed by atoms with Crippen molar-refractivity contribution in [2.75, 3.05) is 56.6 Å². The standard InChI is InChI=1S/C19H27BrN6O4S/c1-14(13-27)23-18-17(20)12-21-19(25-18)24-15-3-2-4-16(11-15)31(28,29)22-5-6-26-7-9-30-10-8-26/h2-4,11-12,14,22,27H,5-10,13H2,1H3,(H2,21,23,24,25)/t14-/m1/s1. The Morgan fingerprint density at radius 1 is 1.32 bits per heavy atom. The molecule has 4 N–H and O–H groups in total. The van der Waals surface area contributed by atoms with Crippen LogP contribution in [0.15, 0.2) is 39.8 Å². The van der Waals surface area contributed by atoms with E-state index in [2.05, 4.69) is 46.2 Å². The molecule has 1 aromatic carbocycles. The summed E-state index contributed by atoms with van der Waals surface area (Å²) in [5, 5.41) is 15.3. The van der Waals surface area contributed by atoms with Gasteiger partial charge < -0.3 is 20.5 Å². The summed E-state index contributed by atoms with van der Waals surface area (Å²) in [5.41, 5.74) is 0.541. The number of rotatable bonds is 10. The number of morpholine rings is 1. The van der Waals surface area contributed by atoms with Crippen LogP contribution in [0, 0.1) is 0 Å². The maximum absolute atomic E-state index is 12.7. The average Bonchev–Trinajstić information content (AvgIpc) is 2.77. The van der Waals surface area contributed by atoms with Gasteiger partial charge in [-0.1, -0.05) is 6.07 Å². The van der Waals surface area contributed by atoms with Crippen LogP contribution < -0.4 is 15.4 Å². The fourth-order valence-electron chi connectivity index (χ4n) is 2.92. The van der Waals surface area contributed by atoms with Crippen molar-refractivity contribution in [1.82, 2.24) is 19.6 Å². The predicted molar refractivity (Wildman–Crippen MR) is 122 cm³/mol. The first kappa shape index (κ1) is 23.8. The van der Waals surface area contributed by atoms with Gasteiger partial charge in [-0.25, -0.2) is 18.1 Å². The van der Waals surface area contributed by atoms with Gasteiger partial charge in [0.2, 0.25) is 16.0 Å². The van der Waals surface area contributed by atoms with Crippen molar-refractivity contribution in [2.45, 2.75) is 17.9 Å². The number of hydrogen-bond donors (Lipinski definition) is 4. The van der Waals surface area contributed by atoms with E-state index in [4.69, 9.17) is 4.74 Å². The lowest BCUT2D eigenvalue weighted by Crippen LogP contribution is -2.41. The Kier molecular flexibility index (Phi) is 8.58. The molecule has 1 atom stereocenters. The zero-order chi connectivity index (χ0) is 22.3. The quantitative estimate of drug-likeness (QED) is 0.371. The number of halogens is 1. The Labute approximate surface area is 190 Å². The van der Waals surface area contributed by atoms with Crippen molar-refractivity contribution in [3.8, 4) is 0 Å². The Hall–Kier alpha value is -1.83. The van der Waals surface area contributed by atoms with Gasteiger partial charge in [0.15, 0.2) is 0 Å². The molecule has 3 rings (SSSR count). The lowest BCUT2D eigenvalue weighted by atomic mass is 10.3. The average molecular weight is 515 g/mol. The summed E-state index contributed by atoms with van der Waals surface area (Å²) in [6, 6.07) is 6.29. The van der Waals surface area contributed by atoms with Gasteiger partial charge in [0.05, 0.1) is 29.2 Å². The molecule has 31 heavy (non-hydrogen) atoms. The summed E-state index contributed by atoms with van der Waals surface area (Å²) in [4.78, 5) is 10.9. The lowest BCUT2D eigenvalue weighted by Gasteiger charge is -2.26. The van der Waals surface area contributed by atoms with E-state index in [1.165, 1.54) is 6.07 Å². The third kappa shape index (κ3) is 7.09. The van der Waals surface area contributed by atoms with Crippen molar-refractivity contribution < 1.29 is 18.3 Å². The summed E-state index contributed by atoms with van der Waals surface area (Å²) < 4.78 is 34.0.